The molecule has 2 aliphatic rings. The van der Waals surface area contributed by atoms with Gasteiger partial charge in [0, 0.05) is 64.1 Å². The first-order chi connectivity index (χ1) is 18.3. The summed E-state index contributed by atoms with van der Waals surface area (Å²) in [5, 5.41) is 0. The normalized spacial score (nSPS) is 18.0. The number of imidazole rings is 2. The second-order valence-electron chi connectivity index (χ2n) is 11.9. The Kier molecular flexibility index (Phi) is 8.00. The topological polar surface area (TPSA) is 62.4 Å². The van der Waals surface area contributed by atoms with E-state index in [1.807, 2.05) is 52.7 Å². The predicted molar refractivity (Wildman–Crippen MR) is 149 cm³/mol. The largest absolute Gasteiger partial charge is 0.337 e. The van der Waals surface area contributed by atoms with E-state index in [0.717, 1.165) is 24.1 Å². The lowest BCUT2D eigenvalue weighted by atomic mass is 9.77. The Morgan fingerprint density at radius 1 is 0.895 bits per heavy atom. The molecule has 204 valence electrons. The van der Waals surface area contributed by atoms with Gasteiger partial charge in [0.05, 0.1) is 13.1 Å². The maximum absolute atomic E-state index is 13.6. The number of hydrogen-bond donors (Lipinski definition) is 0. The van der Waals surface area contributed by atoms with Crippen molar-refractivity contribution >= 4 is 5.91 Å². The predicted octanol–water partition coefficient (Wildman–Crippen LogP) is 3.94. The molecule has 2 fully saturated rings. The number of amides is 1. The molecule has 1 aromatic carbocycles. The summed E-state index contributed by atoms with van der Waals surface area (Å²) >= 11 is 0. The van der Waals surface area contributed by atoms with Crippen molar-refractivity contribution in [3.05, 3.63) is 71.8 Å². The smallest absolute Gasteiger partial charge is 0.254 e. The fourth-order valence-electron chi connectivity index (χ4n) is 6.13. The Hall–Kier alpha value is -2.97. The number of aryl methyl sites for hydroxylation is 2. The maximum atomic E-state index is 13.6. The van der Waals surface area contributed by atoms with Gasteiger partial charge in [-0.25, -0.2) is 9.97 Å². The number of carbonyl (C=O) groups is 1. The van der Waals surface area contributed by atoms with Crippen molar-refractivity contribution in [3.8, 4) is 0 Å². The van der Waals surface area contributed by atoms with Crippen LogP contribution in [0.15, 0.2) is 49.1 Å². The summed E-state index contributed by atoms with van der Waals surface area (Å²) in [5.41, 5.74) is 2.48. The number of nitrogens with zero attached hydrogens (tertiary/aromatic N) is 7. The van der Waals surface area contributed by atoms with Gasteiger partial charge in [-0.1, -0.05) is 26.0 Å². The van der Waals surface area contributed by atoms with Crippen molar-refractivity contribution in [3.63, 3.8) is 0 Å². The van der Waals surface area contributed by atoms with Crippen molar-refractivity contribution in [1.29, 1.82) is 0 Å². The highest BCUT2D eigenvalue weighted by molar-refractivity contribution is 5.94. The third-order valence-electron chi connectivity index (χ3n) is 8.46. The first kappa shape index (κ1) is 26.6. The number of likely N-dealkylation sites (tertiary alicyclic amines) is 2. The molecule has 1 spiro atoms. The summed E-state index contributed by atoms with van der Waals surface area (Å²) in [6, 6.07) is 8.22. The van der Waals surface area contributed by atoms with Crippen molar-refractivity contribution in [2.24, 2.45) is 25.4 Å². The molecule has 8 heteroatoms. The SMILES string of the molecule is CC(C)CN1CCC2(CC1)CCN(Cc1ccc(C(=O)N(Cc3nccn3C)Cc3nccn3C)cc1)C2. The van der Waals surface area contributed by atoms with Crippen molar-refractivity contribution in [2.75, 3.05) is 32.7 Å². The summed E-state index contributed by atoms with van der Waals surface area (Å²) < 4.78 is 3.91. The molecule has 4 heterocycles. The van der Waals surface area contributed by atoms with E-state index < -0.39 is 0 Å². The van der Waals surface area contributed by atoms with Crippen LogP contribution in [-0.2, 0) is 33.7 Å². The average molecular weight is 518 g/mol. The minimum Gasteiger partial charge on any atom is -0.337 e. The third-order valence-corrected chi connectivity index (χ3v) is 8.46. The van der Waals surface area contributed by atoms with Gasteiger partial charge in [-0.2, -0.15) is 0 Å². The van der Waals surface area contributed by atoms with E-state index in [2.05, 4.69) is 45.7 Å². The standard InChI is InChI=1S/C30H43N7O/c1-24(2)19-35-14-9-30(10-15-35)11-16-36(23-30)20-25-5-7-26(8-6-25)29(38)37(21-27-31-12-17-33(27)3)22-28-32-13-18-34(28)4/h5-8,12-13,17-18,24H,9-11,14-16,19-23H2,1-4H3. The van der Waals surface area contributed by atoms with Crippen molar-refractivity contribution < 1.29 is 4.79 Å². The fourth-order valence-corrected chi connectivity index (χ4v) is 6.13. The molecule has 0 bridgehead atoms. The van der Waals surface area contributed by atoms with Crippen molar-refractivity contribution in [1.82, 2.24) is 33.8 Å². The van der Waals surface area contributed by atoms with Gasteiger partial charge in [-0.15, -0.1) is 0 Å². The van der Waals surface area contributed by atoms with Crippen molar-refractivity contribution in [2.45, 2.75) is 52.7 Å². The molecule has 0 N–H and O–H groups in total. The number of rotatable bonds is 9. The van der Waals surface area contributed by atoms with Crippen LogP contribution in [0.4, 0.5) is 0 Å². The minimum absolute atomic E-state index is 0.00386. The van der Waals surface area contributed by atoms with Crippen LogP contribution in [0.25, 0.3) is 0 Å². The quantitative estimate of drug-likeness (QED) is 0.430. The molecule has 2 aliphatic heterocycles. The zero-order valence-corrected chi connectivity index (χ0v) is 23.5. The molecule has 5 rings (SSSR count). The maximum Gasteiger partial charge on any atom is 0.254 e. The highest BCUT2D eigenvalue weighted by Gasteiger charge is 2.40. The first-order valence-corrected chi connectivity index (χ1v) is 14.1. The van der Waals surface area contributed by atoms with Gasteiger partial charge in [0.15, 0.2) is 0 Å². The number of aromatic nitrogens is 4. The Morgan fingerprint density at radius 2 is 1.45 bits per heavy atom. The highest BCUT2D eigenvalue weighted by Crippen LogP contribution is 2.40. The molecule has 0 saturated carbocycles. The van der Waals surface area contributed by atoms with E-state index >= 15 is 0 Å². The van der Waals surface area contributed by atoms with E-state index in [9.17, 15) is 4.79 Å². The summed E-state index contributed by atoms with van der Waals surface area (Å²) in [5.74, 6) is 2.44. The molecule has 0 radical (unpaired) electrons. The lowest BCUT2D eigenvalue weighted by Gasteiger charge is -2.40. The highest BCUT2D eigenvalue weighted by atomic mass is 16.2. The number of piperidine rings is 1. The summed E-state index contributed by atoms with van der Waals surface area (Å²) in [6.07, 6.45) is 11.3. The fraction of sp³-hybridized carbons (Fsp3) is 0.567. The van der Waals surface area contributed by atoms with Crippen LogP contribution in [0.1, 0.15) is 60.7 Å². The summed E-state index contributed by atoms with van der Waals surface area (Å²) in [6.45, 7) is 12.5. The van der Waals surface area contributed by atoms with Gasteiger partial charge in [-0.3, -0.25) is 9.69 Å². The van der Waals surface area contributed by atoms with Gasteiger partial charge in [0.25, 0.3) is 5.91 Å². The lowest BCUT2D eigenvalue weighted by molar-refractivity contribution is 0.0718. The Morgan fingerprint density at radius 3 is 1.95 bits per heavy atom. The van der Waals surface area contributed by atoms with Gasteiger partial charge < -0.3 is 18.9 Å². The van der Waals surface area contributed by atoms with Crippen LogP contribution < -0.4 is 0 Å². The molecule has 2 saturated heterocycles. The van der Waals surface area contributed by atoms with Crippen LogP contribution in [-0.4, -0.2) is 72.4 Å². The van der Waals surface area contributed by atoms with E-state index in [1.165, 1.54) is 57.5 Å². The number of hydrogen-bond acceptors (Lipinski definition) is 5. The summed E-state index contributed by atoms with van der Waals surface area (Å²) in [4.78, 5) is 29.6. The van der Waals surface area contributed by atoms with Crippen LogP contribution in [0, 0.1) is 11.3 Å². The molecule has 0 unspecified atom stereocenters. The Balaban J connectivity index is 1.20. The second-order valence-corrected chi connectivity index (χ2v) is 11.9. The van der Waals surface area contributed by atoms with E-state index in [-0.39, 0.29) is 5.91 Å². The third kappa shape index (κ3) is 6.18. The summed E-state index contributed by atoms with van der Waals surface area (Å²) in [7, 11) is 3.91. The molecular formula is C30H43N7O. The number of carbonyl (C=O) groups excluding carboxylic acids is 1. The van der Waals surface area contributed by atoms with Gasteiger partial charge in [0.2, 0.25) is 0 Å². The van der Waals surface area contributed by atoms with E-state index in [1.54, 1.807) is 12.4 Å². The van der Waals surface area contributed by atoms with Crippen LogP contribution >= 0.6 is 0 Å². The molecular weight excluding hydrogens is 474 g/mol. The van der Waals surface area contributed by atoms with Crippen LogP contribution in [0.3, 0.4) is 0 Å². The zero-order valence-electron chi connectivity index (χ0n) is 23.5. The van der Waals surface area contributed by atoms with Crippen LogP contribution in [0.5, 0.6) is 0 Å². The van der Waals surface area contributed by atoms with Gasteiger partial charge >= 0.3 is 0 Å². The second kappa shape index (κ2) is 11.4. The molecule has 0 aliphatic carbocycles. The molecule has 0 atom stereocenters. The van der Waals surface area contributed by atoms with Gasteiger partial charge in [-0.05, 0) is 67.9 Å². The first-order valence-electron chi connectivity index (χ1n) is 14.1. The van der Waals surface area contributed by atoms with Gasteiger partial charge in [0.1, 0.15) is 11.6 Å². The van der Waals surface area contributed by atoms with E-state index in [4.69, 9.17) is 0 Å². The minimum atomic E-state index is -0.00386. The molecule has 38 heavy (non-hydrogen) atoms. The average Bonchev–Trinajstić information content (AvgIpc) is 3.61. The molecule has 3 aromatic rings. The molecule has 2 aromatic heterocycles. The van der Waals surface area contributed by atoms with Crippen LogP contribution in [0.2, 0.25) is 0 Å². The zero-order chi connectivity index (χ0) is 26.7. The van der Waals surface area contributed by atoms with E-state index in [0.29, 0.717) is 24.1 Å². The monoisotopic (exact) mass is 517 g/mol. The Labute approximate surface area is 227 Å². The molecule has 8 nitrogen and oxygen atoms in total. The Bertz CT molecular complexity index is 1160. The lowest BCUT2D eigenvalue weighted by Crippen LogP contribution is -2.42. The molecule has 1 amide bonds. The number of benzene rings is 1.